The monoisotopic (exact) mass is 248 g/mol. The molecule has 1 aliphatic rings. The Hall–Kier alpha value is -0.970. The number of benzene rings is 1. The van der Waals surface area contributed by atoms with Crippen LogP contribution in [0.1, 0.15) is 23.9 Å². The predicted octanol–water partition coefficient (Wildman–Crippen LogP) is 2.72. The van der Waals surface area contributed by atoms with Gasteiger partial charge in [0.1, 0.15) is 5.01 Å². The number of hydrogen-bond donors (Lipinski definition) is 1. The fourth-order valence-corrected chi connectivity index (χ4v) is 3.26. The molecule has 1 fully saturated rings. The van der Waals surface area contributed by atoms with Gasteiger partial charge in [-0.05, 0) is 30.9 Å². The molecule has 0 bridgehead atoms. The lowest BCUT2D eigenvalue weighted by atomic mass is 10.0. The summed E-state index contributed by atoms with van der Waals surface area (Å²) >= 11 is 1.71. The summed E-state index contributed by atoms with van der Waals surface area (Å²) in [6.07, 6.45) is 2.12. The van der Waals surface area contributed by atoms with Gasteiger partial charge in [-0.2, -0.15) is 0 Å². The molecule has 1 saturated heterocycles. The van der Waals surface area contributed by atoms with Crippen LogP contribution in [0, 0.1) is 5.92 Å². The van der Waals surface area contributed by atoms with Crippen LogP contribution in [0.15, 0.2) is 24.3 Å². The summed E-state index contributed by atoms with van der Waals surface area (Å²) in [7, 11) is 0. The Morgan fingerprint density at radius 2 is 2.35 bits per heavy atom. The third kappa shape index (κ3) is 2.34. The van der Waals surface area contributed by atoms with Gasteiger partial charge in [-0.25, -0.2) is 4.98 Å². The summed E-state index contributed by atoms with van der Waals surface area (Å²) in [4.78, 5) is 4.61. The zero-order chi connectivity index (χ0) is 11.7. The fourth-order valence-electron chi connectivity index (χ4n) is 2.28. The minimum Gasteiger partial charge on any atom is -0.381 e. The highest BCUT2D eigenvalue weighted by atomic mass is 32.1. The first kappa shape index (κ1) is 11.1. The van der Waals surface area contributed by atoms with Gasteiger partial charge < -0.3 is 10.5 Å². The molecule has 90 valence electrons. The standard InChI is InChI=1S/C13H16N2OS/c14-10(7-9-5-6-16-8-9)13-15-11-3-1-2-4-12(11)17-13/h1-4,9-10H,5-8,14H2. The molecule has 0 aliphatic carbocycles. The summed E-state index contributed by atoms with van der Waals surface area (Å²) < 4.78 is 6.60. The second kappa shape index (κ2) is 4.72. The Morgan fingerprint density at radius 3 is 3.12 bits per heavy atom. The van der Waals surface area contributed by atoms with E-state index in [1.165, 1.54) is 4.70 Å². The van der Waals surface area contributed by atoms with Crippen molar-refractivity contribution in [2.24, 2.45) is 11.7 Å². The predicted molar refractivity (Wildman–Crippen MR) is 70.1 cm³/mol. The first-order chi connectivity index (χ1) is 8.33. The maximum Gasteiger partial charge on any atom is 0.111 e. The minimum absolute atomic E-state index is 0.0547. The van der Waals surface area contributed by atoms with E-state index in [2.05, 4.69) is 11.1 Å². The van der Waals surface area contributed by atoms with Gasteiger partial charge >= 0.3 is 0 Å². The number of nitrogens with zero attached hydrogens (tertiary/aromatic N) is 1. The molecular formula is C13H16N2OS. The summed E-state index contributed by atoms with van der Waals surface area (Å²) in [6.45, 7) is 1.75. The summed E-state index contributed by atoms with van der Waals surface area (Å²) in [6, 6.07) is 8.25. The van der Waals surface area contributed by atoms with Crippen molar-refractivity contribution < 1.29 is 4.74 Å². The number of hydrogen-bond acceptors (Lipinski definition) is 4. The highest BCUT2D eigenvalue weighted by Crippen LogP contribution is 2.30. The number of ether oxygens (including phenoxy) is 1. The molecule has 0 spiro atoms. The van der Waals surface area contributed by atoms with Crippen molar-refractivity contribution >= 4 is 21.6 Å². The van der Waals surface area contributed by atoms with Crippen LogP contribution in [-0.2, 0) is 4.74 Å². The Kier molecular flexibility index (Phi) is 3.09. The van der Waals surface area contributed by atoms with Crippen molar-refractivity contribution in [3.63, 3.8) is 0 Å². The van der Waals surface area contributed by atoms with Gasteiger partial charge in [0.15, 0.2) is 0 Å². The largest absolute Gasteiger partial charge is 0.381 e. The maximum absolute atomic E-state index is 6.23. The molecule has 4 heteroatoms. The third-order valence-electron chi connectivity index (χ3n) is 3.24. The molecule has 3 nitrogen and oxygen atoms in total. The van der Waals surface area contributed by atoms with Crippen LogP contribution < -0.4 is 5.73 Å². The van der Waals surface area contributed by atoms with Crippen molar-refractivity contribution in [3.8, 4) is 0 Å². The first-order valence-electron chi connectivity index (χ1n) is 6.02. The zero-order valence-corrected chi connectivity index (χ0v) is 10.5. The smallest absolute Gasteiger partial charge is 0.111 e. The van der Waals surface area contributed by atoms with Crippen molar-refractivity contribution in [3.05, 3.63) is 29.3 Å². The molecule has 1 aromatic carbocycles. The van der Waals surface area contributed by atoms with Crippen LogP contribution in [0.4, 0.5) is 0 Å². The van der Waals surface area contributed by atoms with Crippen molar-refractivity contribution in [2.75, 3.05) is 13.2 Å². The minimum atomic E-state index is 0.0547. The molecule has 2 aromatic rings. The molecule has 0 radical (unpaired) electrons. The maximum atomic E-state index is 6.23. The van der Waals surface area contributed by atoms with Crippen molar-refractivity contribution in [1.82, 2.24) is 4.98 Å². The normalized spacial score (nSPS) is 22.1. The summed E-state index contributed by atoms with van der Waals surface area (Å²) in [5, 5.41) is 1.05. The molecule has 2 unspecified atom stereocenters. The van der Waals surface area contributed by atoms with E-state index in [1.54, 1.807) is 11.3 Å². The highest BCUT2D eigenvalue weighted by molar-refractivity contribution is 7.18. The van der Waals surface area contributed by atoms with E-state index >= 15 is 0 Å². The lowest BCUT2D eigenvalue weighted by Gasteiger charge is -2.12. The van der Waals surface area contributed by atoms with Crippen LogP contribution >= 0.6 is 11.3 Å². The SMILES string of the molecule is NC(CC1CCOC1)c1nc2ccccc2s1. The van der Waals surface area contributed by atoms with Gasteiger partial charge in [0.05, 0.1) is 16.3 Å². The van der Waals surface area contributed by atoms with Crippen LogP contribution in [-0.4, -0.2) is 18.2 Å². The van der Waals surface area contributed by atoms with Gasteiger partial charge in [-0.15, -0.1) is 11.3 Å². The second-order valence-corrected chi connectivity index (χ2v) is 5.65. The zero-order valence-electron chi connectivity index (χ0n) is 9.63. The Labute approximate surface area is 105 Å². The highest BCUT2D eigenvalue weighted by Gasteiger charge is 2.21. The van der Waals surface area contributed by atoms with Crippen molar-refractivity contribution in [1.29, 1.82) is 0 Å². The van der Waals surface area contributed by atoms with Gasteiger partial charge in [-0.1, -0.05) is 12.1 Å². The number of thiazole rings is 1. The lowest BCUT2D eigenvalue weighted by molar-refractivity contribution is 0.182. The topological polar surface area (TPSA) is 48.1 Å². The first-order valence-corrected chi connectivity index (χ1v) is 6.83. The summed E-state index contributed by atoms with van der Waals surface area (Å²) in [5.74, 6) is 0.608. The van der Waals surface area contributed by atoms with E-state index in [0.717, 1.165) is 36.6 Å². The van der Waals surface area contributed by atoms with Crippen LogP contribution in [0.25, 0.3) is 10.2 Å². The number of rotatable bonds is 3. The molecule has 0 amide bonds. The van der Waals surface area contributed by atoms with Crippen LogP contribution in [0.3, 0.4) is 0 Å². The van der Waals surface area contributed by atoms with E-state index in [-0.39, 0.29) is 6.04 Å². The number of nitrogens with two attached hydrogens (primary N) is 1. The molecule has 2 atom stereocenters. The molecule has 2 heterocycles. The molecule has 1 aromatic heterocycles. The average Bonchev–Trinajstić information content (AvgIpc) is 2.96. The van der Waals surface area contributed by atoms with Gasteiger partial charge in [0, 0.05) is 13.2 Å². The van der Waals surface area contributed by atoms with E-state index in [1.807, 2.05) is 18.2 Å². The molecule has 17 heavy (non-hydrogen) atoms. The van der Waals surface area contributed by atoms with Crippen LogP contribution in [0.2, 0.25) is 0 Å². The fraction of sp³-hybridized carbons (Fsp3) is 0.462. The second-order valence-electron chi connectivity index (χ2n) is 4.59. The average molecular weight is 248 g/mol. The lowest BCUT2D eigenvalue weighted by Crippen LogP contribution is -2.15. The third-order valence-corrected chi connectivity index (χ3v) is 4.41. The van der Waals surface area contributed by atoms with Crippen molar-refractivity contribution in [2.45, 2.75) is 18.9 Å². The summed E-state index contributed by atoms with van der Waals surface area (Å²) in [5.41, 5.74) is 7.29. The Bertz CT molecular complexity index is 472. The van der Waals surface area contributed by atoms with Gasteiger partial charge in [-0.3, -0.25) is 0 Å². The molecule has 2 N–H and O–H groups in total. The molecule has 1 aliphatic heterocycles. The van der Waals surface area contributed by atoms with Crippen LogP contribution in [0.5, 0.6) is 0 Å². The number of aromatic nitrogens is 1. The Morgan fingerprint density at radius 1 is 1.47 bits per heavy atom. The molecule has 3 rings (SSSR count). The van der Waals surface area contributed by atoms with E-state index in [9.17, 15) is 0 Å². The Balaban J connectivity index is 1.77. The number of para-hydroxylation sites is 1. The number of fused-ring (bicyclic) bond motifs is 1. The van der Waals surface area contributed by atoms with Gasteiger partial charge in [0.25, 0.3) is 0 Å². The molecule has 0 saturated carbocycles. The van der Waals surface area contributed by atoms with E-state index in [4.69, 9.17) is 10.5 Å². The molecular weight excluding hydrogens is 232 g/mol. The van der Waals surface area contributed by atoms with E-state index in [0.29, 0.717) is 5.92 Å². The van der Waals surface area contributed by atoms with E-state index < -0.39 is 0 Å². The quantitative estimate of drug-likeness (QED) is 0.908. The van der Waals surface area contributed by atoms with Gasteiger partial charge in [0.2, 0.25) is 0 Å².